The van der Waals surface area contributed by atoms with Gasteiger partial charge in [0.15, 0.2) is 0 Å². The minimum atomic E-state index is -0.191. The average Bonchev–Trinajstić information content (AvgIpc) is 2.43. The summed E-state index contributed by atoms with van der Waals surface area (Å²) in [4.78, 5) is 29.7. The van der Waals surface area contributed by atoms with Gasteiger partial charge in [0.25, 0.3) is 0 Å². The van der Waals surface area contributed by atoms with Crippen molar-refractivity contribution in [3.8, 4) is 0 Å². The van der Waals surface area contributed by atoms with Crippen molar-refractivity contribution in [3.63, 3.8) is 0 Å². The lowest BCUT2D eigenvalue weighted by Gasteiger charge is -2.56. The first-order chi connectivity index (χ1) is 9.28. The molecule has 0 aliphatic carbocycles. The van der Waals surface area contributed by atoms with Gasteiger partial charge in [-0.05, 0) is 39.8 Å². The Labute approximate surface area is 121 Å². The first kappa shape index (κ1) is 15.3. The Balaban J connectivity index is 2.19. The zero-order valence-electron chi connectivity index (χ0n) is 13.3. The highest BCUT2D eigenvalue weighted by atomic mass is 16.2. The predicted molar refractivity (Wildman–Crippen MR) is 78.4 cm³/mol. The number of urea groups is 1. The molecule has 0 aromatic heterocycles. The summed E-state index contributed by atoms with van der Waals surface area (Å²) in [5, 5.41) is 0. The summed E-state index contributed by atoms with van der Waals surface area (Å²) < 4.78 is 0. The van der Waals surface area contributed by atoms with Crippen molar-refractivity contribution < 1.29 is 9.59 Å². The van der Waals surface area contributed by atoms with Gasteiger partial charge in [-0.2, -0.15) is 0 Å². The van der Waals surface area contributed by atoms with E-state index in [2.05, 4.69) is 18.7 Å². The zero-order valence-corrected chi connectivity index (χ0v) is 13.3. The molecule has 2 aliphatic heterocycles. The van der Waals surface area contributed by atoms with Crippen LogP contribution in [0.1, 0.15) is 40.0 Å². The summed E-state index contributed by atoms with van der Waals surface area (Å²) in [7, 11) is 3.40. The van der Waals surface area contributed by atoms with Crippen LogP contribution in [0.2, 0.25) is 0 Å². The van der Waals surface area contributed by atoms with Crippen LogP contribution in [-0.2, 0) is 4.79 Å². The molecule has 0 spiro atoms. The number of imide groups is 1. The minimum Gasteiger partial charge on any atom is -0.330 e. The summed E-state index contributed by atoms with van der Waals surface area (Å²) in [5.41, 5.74) is -0.153. The summed E-state index contributed by atoms with van der Waals surface area (Å²) in [6.07, 6.45) is 3.70. The predicted octanol–water partition coefficient (Wildman–Crippen LogP) is 1.78. The molecule has 2 atom stereocenters. The van der Waals surface area contributed by atoms with E-state index in [9.17, 15) is 9.59 Å². The second-order valence-corrected chi connectivity index (χ2v) is 6.82. The van der Waals surface area contributed by atoms with Gasteiger partial charge in [0.2, 0.25) is 5.91 Å². The van der Waals surface area contributed by atoms with Crippen LogP contribution in [0.4, 0.5) is 4.79 Å². The largest absolute Gasteiger partial charge is 0.330 e. The Morgan fingerprint density at radius 2 is 1.75 bits per heavy atom. The Morgan fingerprint density at radius 1 is 1.20 bits per heavy atom. The fourth-order valence-electron chi connectivity index (χ4n) is 3.65. The van der Waals surface area contributed by atoms with Crippen LogP contribution in [0.3, 0.4) is 0 Å². The van der Waals surface area contributed by atoms with Crippen LogP contribution in [0.25, 0.3) is 0 Å². The summed E-state index contributed by atoms with van der Waals surface area (Å²) in [5.74, 6) is -0.116. The van der Waals surface area contributed by atoms with Gasteiger partial charge < -0.3 is 4.90 Å². The maximum Gasteiger partial charge on any atom is 0.326 e. The number of amides is 3. The SMILES string of the molecule is C[C@@H]1C(=O)N(C(=O)N(C)C)[C@H]1C(C)(C)N1CCCCC1. The van der Waals surface area contributed by atoms with Gasteiger partial charge in [-0.1, -0.05) is 13.3 Å². The molecule has 5 heteroatoms. The molecular formula is C15H27N3O2. The molecular weight excluding hydrogens is 254 g/mol. The smallest absolute Gasteiger partial charge is 0.326 e. The van der Waals surface area contributed by atoms with Gasteiger partial charge in [0, 0.05) is 19.6 Å². The first-order valence-corrected chi connectivity index (χ1v) is 7.58. The van der Waals surface area contributed by atoms with E-state index < -0.39 is 0 Å². The standard InChI is InChI=1S/C15H27N3O2/c1-11-12(18(13(11)19)14(20)16(4)5)15(2,3)17-9-7-6-8-10-17/h11-12H,6-10H2,1-5H3/t11-,12+/m0/s1. The molecule has 2 rings (SSSR count). The molecule has 2 heterocycles. The van der Waals surface area contributed by atoms with Crippen molar-refractivity contribution in [2.45, 2.75) is 51.6 Å². The topological polar surface area (TPSA) is 43.9 Å². The van der Waals surface area contributed by atoms with Gasteiger partial charge in [-0.3, -0.25) is 14.6 Å². The van der Waals surface area contributed by atoms with E-state index in [1.807, 2.05) is 6.92 Å². The highest BCUT2D eigenvalue weighted by Gasteiger charge is 2.56. The van der Waals surface area contributed by atoms with Crippen molar-refractivity contribution >= 4 is 11.9 Å². The van der Waals surface area contributed by atoms with E-state index in [0.29, 0.717) is 0 Å². The van der Waals surface area contributed by atoms with Crippen LogP contribution in [0.5, 0.6) is 0 Å². The van der Waals surface area contributed by atoms with E-state index in [4.69, 9.17) is 0 Å². The van der Waals surface area contributed by atoms with Crippen LogP contribution in [0, 0.1) is 5.92 Å². The number of carbonyl (C=O) groups excluding carboxylic acids is 2. The third-order valence-corrected chi connectivity index (χ3v) is 4.86. The van der Waals surface area contributed by atoms with Crippen LogP contribution < -0.4 is 0 Å². The summed E-state index contributed by atoms with van der Waals surface area (Å²) in [6, 6.07) is -0.216. The molecule has 0 N–H and O–H groups in total. The fraction of sp³-hybridized carbons (Fsp3) is 0.867. The molecule has 0 bridgehead atoms. The van der Waals surface area contributed by atoms with Gasteiger partial charge >= 0.3 is 6.03 Å². The normalized spacial score (nSPS) is 28.2. The van der Waals surface area contributed by atoms with E-state index >= 15 is 0 Å². The van der Waals surface area contributed by atoms with Crippen molar-refractivity contribution in [2.75, 3.05) is 27.2 Å². The second kappa shape index (κ2) is 5.35. The summed E-state index contributed by atoms with van der Waals surface area (Å²) in [6.45, 7) is 8.41. The molecule has 0 aromatic carbocycles. The van der Waals surface area contributed by atoms with E-state index in [-0.39, 0.29) is 29.4 Å². The molecule has 0 aromatic rings. The molecule has 0 unspecified atom stereocenters. The van der Waals surface area contributed by atoms with Crippen LogP contribution >= 0.6 is 0 Å². The van der Waals surface area contributed by atoms with Crippen LogP contribution in [-0.4, -0.2) is 65.4 Å². The Kier molecular flexibility index (Phi) is 4.09. The summed E-state index contributed by atoms with van der Waals surface area (Å²) >= 11 is 0. The number of β-lactam (4-membered cyclic amide) rings is 1. The highest BCUT2D eigenvalue weighted by Crippen LogP contribution is 2.39. The number of hydrogen-bond donors (Lipinski definition) is 0. The third kappa shape index (κ3) is 2.32. The molecule has 0 saturated carbocycles. The van der Waals surface area contributed by atoms with Gasteiger partial charge in [0.05, 0.1) is 12.0 Å². The third-order valence-electron chi connectivity index (χ3n) is 4.86. The number of carbonyl (C=O) groups is 2. The molecule has 2 fully saturated rings. The maximum atomic E-state index is 12.2. The van der Waals surface area contributed by atoms with Crippen molar-refractivity contribution in [1.82, 2.24) is 14.7 Å². The van der Waals surface area contributed by atoms with E-state index in [1.54, 1.807) is 14.1 Å². The van der Waals surface area contributed by atoms with Crippen molar-refractivity contribution in [3.05, 3.63) is 0 Å². The average molecular weight is 281 g/mol. The molecule has 5 nitrogen and oxygen atoms in total. The minimum absolute atomic E-state index is 0.0250. The van der Waals surface area contributed by atoms with E-state index in [0.717, 1.165) is 13.1 Å². The molecule has 0 radical (unpaired) electrons. The number of likely N-dealkylation sites (tertiary alicyclic amines) is 2. The number of piperidine rings is 1. The molecule has 2 saturated heterocycles. The number of rotatable bonds is 2. The first-order valence-electron chi connectivity index (χ1n) is 7.58. The molecule has 2 aliphatic rings. The molecule has 3 amide bonds. The number of hydrogen-bond acceptors (Lipinski definition) is 3. The molecule has 20 heavy (non-hydrogen) atoms. The number of nitrogens with zero attached hydrogens (tertiary/aromatic N) is 3. The Bertz CT molecular complexity index is 400. The lowest BCUT2D eigenvalue weighted by molar-refractivity contribution is -0.159. The van der Waals surface area contributed by atoms with Gasteiger partial charge in [-0.15, -0.1) is 0 Å². The quantitative estimate of drug-likeness (QED) is 0.725. The second-order valence-electron chi connectivity index (χ2n) is 6.82. The maximum absolute atomic E-state index is 12.2. The van der Waals surface area contributed by atoms with E-state index in [1.165, 1.54) is 29.1 Å². The lowest BCUT2D eigenvalue weighted by atomic mass is 9.75. The lowest BCUT2D eigenvalue weighted by Crippen LogP contribution is -2.74. The zero-order chi connectivity index (χ0) is 15.1. The van der Waals surface area contributed by atoms with Crippen molar-refractivity contribution in [2.24, 2.45) is 5.92 Å². The Hall–Kier alpha value is -1.10. The van der Waals surface area contributed by atoms with Crippen LogP contribution in [0.15, 0.2) is 0 Å². The van der Waals surface area contributed by atoms with Gasteiger partial charge in [-0.25, -0.2) is 4.79 Å². The monoisotopic (exact) mass is 281 g/mol. The molecule has 114 valence electrons. The highest BCUT2D eigenvalue weighted by molar-refractivity contribution is 6.01. The van der Waals surface area contributed by atoms with Crippen molar-refractivity contribution in [1.29, 1.82) is 0 Å². The fourth-order valence-corrected chi connectivity index (χ4v) is 3.65. The Morgan fingerprint density at radius 3 is 2.25 bits per heavy atom. The van der Waals surface area contributed by atoms with Gasteiger partial charge in [0.1, 0.15) is 0 Å².